The maximum absolute atomic E-state index is 14.6. The van der Waals surface area contributed by atoms with Gasteiger partial charge in [0.2, 0.25) is 5.91 Å². The Balaban J connectivity index is 1.27. The molecule has 2 aromatic carbocycles. The first-order chi connectivity index (χ1) is 17.4. The topological polar surface area (TPSA) is 61.9 Å². The molecule has 0 radical (unpaired) electrons. The minimum atomic E-state index is -0.840. The number of benzene rings is 2. The summed E-state index contributed by atoms with van der Waals surface area (Å²) in [7, 11) is 0. The highest BCUT2D eigenvalue weighted by atomic mass is 19.1. The average Bonchev–Trinajstić information content (AvgIpc) is 3.26. The van der Waals surface area contributed by atoms with Gasteiger partial charge in [0.15, 0.2) is 0 Å². The van der Waals surface area contributed by atoms with E-state index < -0.39 is 23.5 Å². The third kappa shape index (κ3) is 5.18. The minimum Gasteiger partial charge on any atom is -0.353 e. The van der Waals surface area contributed by atoms with Crippen molar-refractivity contribution in [3.8, 4) is 0 Å². The van der Waals surface area contributed by atoms with Crippen LogP contribution >= 0.6 is 0 Å². The van der Waals surface area contributed by atoms with Crippen LogP contribution in [0.3, 0.4) is 0 Å². The van der Waals surface area contributed by atoms with Crippen LogP contribution in [0.1, 0.15) is 61.4 Å². The van der Waals surface area contributed by atoms with Gasteiger partial charge in [0.05, 0.1) is 12.2 Å². The zero-order valence-corrected chi connectivity index (χ0v) is 21.0. The van der Waals surface area contributed by atoms with Crippen LogP contribution in [0.25, 0.3) is 0 Å². The summed E-state index contributed by atoms with van der Waals surface area (Å²) in [6, 6.07) is 15.7. The van der Waals surface area contributed by atoms with E-state index >= 15 is 0 Å². The summed E-state index contributed by atoms with van der Waals surface area (Å²) in [5, 5.41) is 3.19. The van der Waals surface area contributed by atoms with Gasteiger partial charge in [0.1, 0.15) is 17.6 Å². The highest BCUT2D eigenvalue weighted by Gasteiger charge is 2.54. The predicted octanol–water partition coefficient (Wildman–Crippen LogP) is 4.35. The van der Waals surface area contributed by atoms with E-state index in [1.165, 1.54) is 17.7 Å². The first-order valence-corrected chi connectivity index (χ1v) is 13.2. The van der Waals surface area contributed by atoms with Crippen molar-refractivity contribution >= 4 is 11.8 Å². The fourth-order valence-corrected chi connectivity index (χ4v) is 5.92. The van der Waals surface area contributed by atoms with Crippen molar-refractivity contribution in [2.24, 2.45) is 5.92 Å². The van der Waals surface area contributed by atoms with Gasteiger partial charge in [-0.25, -0.2) is 4.39 Å². The number of piperidine rings is 1. The maximum atomic E-state index is 14.6. The highest BCUT2D eigenvalue weighted by Crippen LogP contribution is 2.43. The lowest BCUT2D eigenvalue weighted by Crippen LogP contribution is -2.58. The monoisotopic (exact) mass is 493 g/mol. The normalized spacial score (nSPS) is 27.3. The molecule has 2 heterocycles. The Bertz CT molecular complexity index is 1060. The van der Waals surface area contributed by atoms with Crippen molar-refractivity contribution in [1.82, 2.24) is 15.1 Å². The number of halogens is 1. The average molecular weight is 494 g/mol. The standard InChI is InChI=1S/C29H36FN3O3/c1-21-11-15-29(16-12-21)33(28(35)24-9-5-6-10-25(24)30)26(20-36-29)27(34)31-23-13-17-32(18-14-23)19-22-7-3-2-4-8-22/h2-10,21,23,26H,11-20H2,1H3,(H,31,34)/t21?,26-,29?/m0/s1. The van der Waals surface area contributed by atoms with E-state index in [4.69, 9.17) is 4.74 Å². The molecule has 192 valence electrons. The van der Waals surface area contributed by atoms with Gasteiger partial charge >= 0.3 is 0 Å². The molecule has 0 bridgehead atoms. The molecule has 3 fully saturated rings. The Morgan fingerprint density at radius 3 is 2.36 bits per heavy atom. The van der Waals surface area contributed by atoms with Gasteiger partial charge in [0, 0.05) is 25.7 Å². The van der Waals surface area contributed by atoms with Crippen LogP contribution in [0.15, 0.2) is 54.6 Å². The second kappa shape index (κ2) is 10.7. The lowest BCUT2D eigenvalue weighted by molar-refractivity contribution is -0.128. The van der Waals surface area contributed by atoms with Crippen molar-refractivity contribution in [3.05, 3.63) is 71.5 Å². The molecule has 2 amide bonds. The fourth-order valence-electron chi connectivity index (χ4n) is 5.92. The van der Waals surface area contributed by atoms with Crippen molar-refractivity contribution in [2.75, 3.05) is 19.7 Å². The van der Waals surface area contributed by atoms with Crippen LogP contribution in [-0.4, -0.2) is 59.1 Å². The molecule has 1 saturated carbocycles. The third-order valence-corrected chi connectivity index (χ3v) is 8.12. The fraction of sp³-hybridized carbons (Fsp3) is 0.517. The zero-order valence-electron chi connectivity index (χ0n) is 21.0. The van der Waals surface area contributed by atoms with E-state index in [2.05, 4.69) is 41.4 Å². The quantitative estimate of drug-likeness (QED) is 0.673. The van der Waals surface area contributed by atoms with Crippen molar-refractivity contribution in [3.63, 3.8) is 0 Å². The van der Waals surface area contributed by atoms with E-state index in [0.29, 0.717) is 18.8 Å². The van der Waals surface area contributed by atoms with E-state index in [1.54, 1.807) is 17.0 Å². The van der Waals surface area contributed by atoms with E-state index in [-0.39, 0.29) is 24.1 Å². The Kier molecular flexibility index (Phi) is 7.39. The van der Waals surface area contributed by atoms with Crippen LogP contribution in [0.4, 0.5) is 4.39 Å². The molecule has 7 heteroatoms. The number of hydrogen-bond acceptors (Lipinski definition) is 4. The SMILES string of the molecule is CC1CCC2(CC1)OC[C@@H](C(=O)NC1CCN(Cc3ccccc3)CC1)N2C(=O)c1ccccc1F. The number of ether oxygens (including phenoxy) is 1. The number of amides is 2. The van der Waals surface area contributed by atoms with Gasteiger partial charge in [-0.3, -0.25) is 19.4 Å². The molecule has 0 aromatic heterocycles. The summed E-state index contributed by atoms with van der Waals surface area (Å²) < 4.78 is 20.9. The largest absolute Gasteiger partial charge is 0.353 e. The zero-order chi connectivity index (χ0) is 25.1. The Hall–Kier alpha value is -2.77. The Morgan fingerprint density at radius 1 is 1.00 bits per heavy atom. The molecule has 5 rings (SSSR count). The maximum Gasteiger partial charge on any atom is 0.259 e. The molecule has 1 aliphatic carbocycles. The van der Waals surface area contributed by atoms with Gasteiger partial charge in [-0.1, -0.05) is 49.4 Å². The number of likely N-dealkylation sites (tertiary alicyclic amines) is 1. The third-order valence-electron chi connectivity index (χ3n) is 8.12. The van der Waals surface area contributed by atoms with Gasteiger partial charge < -0.3 is 10.1 Å². The number of carbonyl (C=O) groups is 2. The van der Waals surface area contributed by atoms with E-state index in [9.17, 15) is 14.0 Å². The molecule has 1 N–H and O–H groups in total. The van der Waals surface area contributed by atoms with Crippen LogP contribution in [0, 0.1) is 11.7 Å². The number of hydrogen-bond donors (Lipinski definition) is 1. The summed E-state index contributed by atoms with van der Waals surface area (Å²) in [6.45, 7) is 5.05. The molecule has 1 atom stereocenters. The van der Waals surface area contributed by atoms with Gasteiger partial charge in [0.25, 0.3) is 5.91 Å². The number of nitrogens with one attached hydrogen (secondary N) is 1. The molecule has 1 spiro atoms. The second-order valence-electron chi connectivity index (χ2n) is 10.7. The van der Waals surface area contributed by atoms with Crippen LogP contribution in [0.5, 0.6) is 0 Å². The molecule has 6 nitrogen and oxygen atoms in total. The number of rotatable bonds is 5. The predicted molar refractivity (Wildman–Crippen MR) is 136 cm³/mol. The van der Waals surface area contributed by atoms with Crippen molar-refractivity contribution < 1.29 is 18.7 Å². The van der Waals surface area contributed by atoms with Crippen LogP contribution in [0.2, 0.25) is 0 Å². The van der Waals surface area contributed by atoms with E-state index in [0.717, 1.165) is 45.3 Å². The second-order valence-corrected chi connectivity index (χ2v) is 10.7. The summed E-state index contributed by atoms with van der Waals surface area (Å²) in [5.41, 5.74) is 0.443. The van der Waals surface area contributed by atoms with Crippen LogP contribution in [-0.2, 0) is 16.1 Å². The van der Waals surface area contributed by atoms with Gasteiger partial charge in [-0.15, -0.1) is 0 Å². The lowest BCUT2D eigenvalue weighted by Gasteiger charge is -2.43. The van der Waals surface area contributed by atoms with Crippen molar-refractivity contribution in [1.29, 1.82) is 0 Å². The van der Waals surface area contributed by atoms with Gasteiger partial charge in [-0.05, 0) is 62.1 Å². The molecule has 2 saturated heterocycles. The Labute approximate surface area is 212 Å². The summed E-state index contributed by atoms with van der Waals surface area (Å²) in [4.78, 5) is 31.2. The van der Waals surface area contributed by atoms with Gasteiger partial charge in [-0.2, -0.15) is 0 Å². The van der Waals surface area contributed by atoms with Crippen LogP contribution < -0.4 is 5.32 Å². The Morgan fingerprint density at radius 2 is 1.67 bits per heavy atom. The number of carbonyl (C=O) groups excluding carboxylic acids is 2. The summed E-state index contributed by atoms with van der Waals surface area (Å²) >= 11 is 0. The molecule has 3 aliphatic rings. The molecule has 2 aliphatic heterocycles. The molecular formula is C29H36FN3O3. The van der Waals surface area contributed by atoms with Crippen molar-refractivity contribution in [2.45, 2.75) is 69.8 Å². The molecular weight excluding hydrogens is 457 g/mol. The molecule has 2 aromatic rings. The highest BCUT2D eigenvalue weighted by molar-refractivity contribution is 5.98. The summed E-state index contributed by atoms with van der Waals surface area (Å²) in [6.07, 6.45) is 4.86. The first-order valence-electron chi connectivity index (χ1n) is 13.2. The molecule has 36 heavy (non-hydrogen) atoms. The minimum absolute atomic E-state index is 0.00647. The number of nitrogens with zero attached hydrogens (tertiary/aromatic N) is 2. The first kappa shape index (κ1) is 24.9. The smallest absolute Gasteiger partial charge is 0.259 e. The lowest BCUT2D eigenvalue weighted by atomic mass is 9.83. The summed E-state index contributed by atoms with van der Waals surface area (Å²) in [5.74, 6) is -0.688. The molecule has 0 unspecified atom stereocenters. The van der Waals surface area contributed by atoms with E-state index in [1.807, 2.05) is 6.07 Å².